The summed E-state index contributed by atoms with van der Waals surface area (Å²) in [6.45, 7) is 2.71. The average molecular weight is 433 g/mol. The van der Waals surface area contributed by atoms with E-state index in [1.54, 1.807) is 6.07 Å². The van der Waals surface area contributed by atoms with E-state index in [9.17, 15) is 9.59 Å². The molecule has 0 saturated heterocycles. The van der Waals surface area contributed by atoms with Crippen LogP contribution in [0.1, 0.15) is 17.5 Å². The highest BCUT2D eigenvalue weighted by atomic mass is 35.5. The van der Waals surface area contributed by atoms with Crippen molar-refractivity contribution >= 4 is 50.3 Å². The molecule has 0 fully saturated rings. The lowest BCUT2D eigenvalue weighted by Crippen LogP contribution is -2.35. The first-order valence-corrected chi connectivity index (χ1v) is 10.2. The number of anilines is 1. The van der Waals surface area contributed by atoms with Crippen LogP contribution in [0.15, 0.2) is 42.5 Å². The number of benzene rings is 2. The van der Waals surface area contributed by atoms with Gasteiger partial charge in [-0.05, 0) is 36.2 Å². The fourth-order valence-electron chi connectivity index (χ4n) is 2.74. The first kappa shape index (κ1) is 21.0. The third kappa shape index (κ3) is 6.15. The molecule has 1 heterocycles. The van der Waals surface area contributed by atoms with Crippen molar-refractivity contribution in [1.82, 2.24) is 10.3 Å². The molecule has 3 rings (SSSR count). The standard InChI is InChI=1S/C20H21ClN4O3S/c1-12-6-7-16-17(8-12)29-19(24-16)25-20(27)28-14(9-18(22)26)11-23-10-13-4-2-3-5-15(13)21/h2-8,14,23H,9-11H2,1H3,(H2,22,26)(H,24,25,27). The van der Waals surface area contributed by atoms with Crippen LogP contribution in [0.3, 0.4) is 0 Å². The van der Waals surface area contributed by atoms with Gasteiger partial charge in [0.05, 0.1) is 16.6 Å². The maximum atomic E-state index is 12.3. The molecule has 2 amide bonds. The fourth-order valence-corrected chi connectivity index (χ4v) is 3.90. The summed E-state index contributed by atoms with van der Waals surface area (Å²) in [6.07, 6.45) is -1.50. The van der Waals surface area contributed by atoms with Gasteiger partial charge in [-0.3, -0.25) is 10.1 Å². The molecule has 1 aromatic heterocycles. The second-order valence-corrected chi connectivity index (χ2v) is 7.97. The van der Waals surface area contributed by atoms with Crippen LogP contribution in [0.4, 0.5) is 9.93 Å². The molecule has 1 unspecified atom stereocenters. The predicted octanol–water partition coefficient (Wildman–Crippen LogP) is 3.84. The molecule has 0 aliphatic carbocycles. The minimum Gasteiger partial charge on any atom is -0.444 e. The highest BCUT2D eigenvalue weighted by Crippen LogP contribution is 2.26. The summed E-state index contributed by atoms with van der Waals surface area (Å²) in [6, 6.07) is 13.3. The third-order valence-corrected chi connectivity index (χ3v) is 5.40. The molecular weight excluding hydrogens is 412 g/mol. The highest BCUT2D eigenvalue weighted by Gasteiger charge is 2.18. The second kappa shape index (κ2) is 9.69. The highest BCUT2D eigenvalue weighted by molar-refractivity contribution is 7.22. The van der Waals surface area contributed by atoms with Crippen molar-refractivity contribution < 1.29 is 14.3 Å². The zero-order chi connectivity index (χ0) is 20.8. The summed E-state index contributed by atoms with van der Waals surface area (Å²) in [4.78, 5) is 28.0. The van der Waals surface area contributed by atoms with Gasteiger partial charge in [-0.15, -0.1) is 0 Å². The number of aryl methyl sites for hydroxylation is 1. The lowest BCUT2D eigenvalue weighted by Gasteiger charge is -2.17. The van der Waals surface area contributed by atoms with Crippen molar-refractivity contribution in [2.45, 2.75) is 26.0 Å². The van der Waals surface area contributed by atoms with Crippen molar-refractivity contribution in [3.05, 3.63) is 58.6 Å². The zero-order valence-electron chi connectivity index (χ0n) is 15.8. The number of nitrogens with one attached hydrogen (secondary N) is 2. The van der Waals surface area contributed by atoms with E-state index in [1.165, 1.54) is 11.3 Å². The van der Waals surface area contributed by atoms with Gasteiger partial charge in [-0.1, -0.05) is 47.2 Å². The third-order valence-electron chi connectivity index (χ3n) is 4.10. The van der Waals surface area contributed by atoms with Crippen LogP contribution >= 0.6 is 22.9 Å². The summed E-state index contributed by atoms with van der Waals surface area (Å²) in [5.41, 5.74) is 8.10. The van der Waals surface area contributed by atoms with E-state index in [0.29, 0.717) is 16.7 Å². The SMILES string of the molecule is Cc1ccc2nc(NC(=O)OC(CNCc3ccccc3Cl)CC(N)=O)sc2c1. The van der Waals surface area contributed by atoms with Crippen molar-refractivity contribution in [2.75, 3.05) is 11.9 Å². The Labute approximate surface area is 177 Å². The van der Waals surface area contributed by atoms with Gasteiger partial charge in [-0.2, -0.15) is 0 Å². The Morgan fingerprint density at radius 3 is 2.83 bits per heavy atom. The van der Waals surface area contributed by atoms with E-state index in [0.717, 1.165) is 21.3 Å². The summed E-state index contributed by atoms with van der Waals surface area (Å²) >= 11 is 7.48. The van der Waals surface area contributed by atoms with E-state index < -0.39 is 18.1 Å². The molecule has 0 radical (unpaired) electrons. The van der Waals surface area contributed by atoms with Gasteiger partial charge >= 0.3 is 6.09 Å². The largest absolute Gasteiger partial charge is 0.444 e. The van der Waals surface area contributed by atoms with Crippen LogP contribution < -0.4 is 16.4 Å². The van der Waals surface area contributed by atoms with E-state index in [1.807, 2.05) is 43.3 Å². The number of amides is 2. The van der Waals surface area contributed by atoms with Gasteiger partial charge in [0.15, 0.2) is 5.13 Å². The quantitative estimate of drug-likeness (QED) is 0.501. The lowest BCUT2D eigenvalue weighted by molar-refractivity contribution is -0.119. The molecule has 9 heteroatoms. The fraction of sp³-hybridized carbons (Fsp3) is 0.250. The Morgan fingerprint density at radius 1 is 1.28 bits per heavy atom. The first-order valence-electron chi connectivity index (χ1n) is 8.98. The monoisotopic (exact) mass is 432 g/mol. The van der Waals surface area contributed by atoms with E-state index >= 15 is 0 Å². The Kier molecular flexibility index (Phi) is 7.03. The zero-order valence-corrected chi connectivity index (χ0v) is 17.3. The van der Waals surface area contributed by atoms with E-state index in [4.69, 9.17) is 22.1 Å². The van der Waals surface area contributed by atoms with E-state index in [-0.39, 0.29) is 13.0 Å². The van der Waals surface area contributed by atoms with Crippen molar-refractivity contribution in [3.63, 3.8) is 0 Å². The number of rotatable bonds is 8. The molecule has 0 bridgehead atoms. The van der Waals surface area contributed by atoms with Gasteiger partial charge in [0, 0.05) is 18.1 Å². The number of nitrogens with zero attached hydrogens (tertiary/aromatic N) is 1. The summed E-state index contributed by atoms with van der Waals surface area (Å²) < 4.78 is 6.34. The number of carbonyl (C=O) groups is 2. The number of aromatic nitrogens is 1. The van der Waals surface area contributed by atoms with E-state index in [2.05, 4.69) is 15.6 Å². The topological polar surface area (TPSA) is 106 Å². The molecule has 0 aliphatic rings. The van der Waals surface area contributed by atoms with Gasteiger partial charge in [0.2, 0.25) is 5.91 Å². The second-order valence-electron chi connectivity index (χ2n) is 6.54. The normalized spacial score (nSPS) is 11.9. The maximum absolute atomic E-state index is 12.3. The lowest BCUT2D eigenvalue weighted by atomic mass is 10.2. The maximum Gasteiger partial charge on any atom is 0.413 e. The number of nitrogens with two attached hydrogens (primary N) is 1. The average Bonchev–Trinajstić information content (AvgIpc) is 3.03. The summed E-state index contributed by atoms with van der Waals surface area (Å²) in [7, 11) is 0. The van der Waals surface area contributed by atoms with Crippen LogP contribution in [-0.4, -0.2) is 29.6 Å². The molecule has 7 nitrogen and oxygen atoms in total. The molecule has 152 valence electrons. The van der Waals surface area contributed by atoms with Gasteiger partial charge < -0.3 is 15.8 Å². The van der Waals surface area contributed by atoms with Crippen LogP contribution in [-0.2, 0) is 16.1 Å². The van der Waals surface area contributed by atoms with Gasteiger partial charge in [0.1, 0.15) is 6.10 Å². The minimum absolute atomic E-state index is 0.0953. The Morgan fingerprint density at radius 2 is 2.07 bits per heavy atom. The molecule has 3 aromatic rings. The molecule has 4 N–H and O–H groups in total. The molecule has 2 aromatic carbocycles. The number of carbonyl (C=O) groups excluding carboxylic acids is 2. The molecule has 0 spiro atoms. The predicted molar refractivity (Wildman–Crippen MR) is 115 cm³/mol. The molecule has 29 heavy (non-hydrogen) atoms. The van der Waals surface area contributed by atoms with Crippen molar-refractivity contribution in [2.24, 2.45) is 5.73 Å². The number of halogens is 1. The number of hydrogen-bond donors (Lipinski definition) is 3. The van der Waals surface area contributed by atoms with Crippen molar-refractivity contribution in [3.8, 4) is 0 Å². The number of hydrogen-bond acceptors (Lipinski definition) is 6. The number of ether oxygens (including phenoxy) is 1. The summed E-state index contributed by atoms with van der Waals surface area (Å²) in [5.74, 6) is -0.558. The van der Waals surface area contributed by atoms with Crippen molar-refractivity contribution in [1.29, 1.82) is 0 Å². The van der Waals surface area contributed by atoms with Crippen LogP contribution in [0.2, 0.25) is 5.02 Å². The Hall–Kier alpha value is -2.68. The Bertz CT molecular complexity index is 1020. The number of fused-ring (bicyclic) bond motifs is 1. The van der Waals surface area contributed by atoms with Gasteiger partial charge in [-0.25, -0.2) is 9.78 Å². The molecule has 1 atom stereocenters. The molecular formula is C20H21ClN4O3S. The molecule has 0 aliphatic heterocycles. The Balaban J connectivity index is 1.57. The summed E-state index contributed by atoms with van der Waals surface area (Å²) in [5, 5.41) is 6.82. The number of thiazole rings is 1. The van der Waals surface area contributed by atoms with Crippen LogP contribution in [0.25, 0.3) is 10.2 Å². The van der Waals surface area contributed by atoms with Gasteiger partial charge in [0.25, 0.3) is 0 Å². The number of primary amides is 1. The molecule has 0 saturated carbocycles. The first-order chi connectivity index (χ1) is 13.9. The smallest absolute Gasteiger partial charge is 0.413 e. The van der Waals surface area contributed by atoms with Crippen LogP contribution in [0, 0.1) is 6.92 Å². The minimum atomic E-state index is -0.716. The van der Waals surface area contributed by atoms with Crippen LogP contribution in [0.5, 0.6) is 0 Å².